The van der Waals surface area contributed by atoms with Gasteiger partial charge in [-0.3, -0.25) is 4.90 Å². The van der Waals surface area contributed by atoms with Crippen LogP contribution in [0.3, 0.4) is 0 Å². The Hall–Kier alpha value is -0.970. The zero-order chi connectivity index (χ0) is 13.0. The lowest BCUT2D eigenvalue weighted by Crippen LogP contribution is -2.39. The predicted octanol–water partition coefficient (Wildman–Crippen LogP) is 2.05. The van der Waals surface area contributed by atoms with Crippen LogP contribution in [0.5, 0.6) is 11.5 Å². The molecule has 108 valence electrons. The molecule has 1 aromatic carbocycles. The molecule has 0 atom stereocenters. The molecule has 0 spiro atoms. The predicted molar refractivity (Wildman–Crippen MR) is 79.3 cm³/mol. The maximum Gasteiger partial charge on any atom is 0.127 e. The maximum absolute atomic E-state index is 5.92. The smallest absolute Gasteiger partial charge is 0.127 e. The molecule has 19 heavy (non-hydrogen) atoms. The number of piperidine rings is 1. The highest BCUT2D eigenvalue weighted by atomic mass is 35.5. The number of likely N-dealkylation sites (tertiary alicyclic amines) is 1. The molecular weight excluding hydrogens is 264 g/mol. The van der Waals surface area contributed by atoms with Gasteiger partial charge in [-0.2, -0.15) is 0 Å². The van der Waals surface area contributed by atoms with Gasteiger partial charge in [-0.05, 0) is 32.0 Å². The van der Waals surface area contributed by atoms with Crippen molar-refractivity contribution in [3.05, 3.63) is 23.8 Å². The second-order valence-corrected chi connectivity index (χ2v) is 4.79. The first-order valence-electron chi connectivity index (χ1n) is 6.41. The summed E-state index contributed by atoms with van der Waals surface area (Å²) in [6.07, 6.45) is 2.16. The Kier molecular flexibility index (Phi) is 6.42. The number of ether oxygens (including phenoxy) is 2. The average molecular weight is 287 g/mol. The molecule has 1 aliphatic rings. The molecule has 0 radical (unpaired) electrons. The Balaban J connectivity index is 0.00000180. The van der Waals surface area contributed by atoms with Crippen LogP contribution in [0, 0.1) is 0 Å². The monoisotopic (exact) mass is 286 g/mol. The number of nitrogens with two attached hydrogens (primary N) is 1. The molecule has 2 rings (SSSR count). The first-order valence-corrected chi connectivity index (χ1v) is 6.41. The number of nitrogens with zero attached hydrogens (tertiary/aromatic N) is 1. The molecule has 0 bridgehead atoms. The minimum atomic E-state index is 0. The fraction of sp³-hybridized carbons (Fsp3) is 0.571. The van der Waals surface area contributed by atoms with Gasteiger partial charge < -0.3 is 15.2 Å². The van der Waals surface area contributed by atoms with Gasteiger partial charge in [-0.25, -0.2) is 0 Å². The normalized spacial score (nSPS) is 16.8. The van der Waals surface area contributed by atoms with Crippen molar-refractivity contribution >= 4 is 12.4 Å². The molecular formula is C14H23ClN2O2. The maximum atomic E-state index is 5.92. The van der Waals surface area contributed by atoms with Gasteiger partial charge in [-0.15, -0.1) is 12.4 Å². The van der Waals surface area contributed by atoms with Crippen LogP contribution in [0.4, 0.5) is 0 Å². The summed E-state index contributed by atoms with van der Waals surface area (Å²) in [5.41, 5.74) is 7.12. The Morgan fingerprint density at radius 3 is 2.47 bits per heavy atom. The molecule has 1 aromatic rings. The topological polar surface area (TPSA) is 47.7 Å². The highest BCUT2D eigenvalue weighted by Crippen LogP contribution is 2.26. The number of halogens is 1. The lowest BCUT2D eigenvalue weighted by molar-refractivity contribution is 0.203. The van der Waals surface area contributed by atoms with E-state index in [1.807, 2.05) is 12.1 Å². The summed E-state index contributed by atoms with van der Waals surface area (Å²) in [5.74, 6) is 1.72. The van der Waals surface area contributed by atoms with E-state index in [0.717, 1.165) is 44.0 Å². The van der Waals surface area contributed by atoms with Crippen LogP contribution in [0.25, 0.3) is 0 Å². The molecule has 5 heteroatoms. The summed E-state index contributed by atoms with van der Waals surface area (Å²) in [6.45, 7) is 3.05. The van der Waals surface area contributed by atoms with Gasteiger partial charge >= 0.3 is 0 Å². The van der Waals surface area contributed by atoms with E-state index in [1.54, 1.807) is 14.2 Å². The van der Waals surface area contributed by atoms with Crippen molar-refractivity contribution in [2.24, 2.45) is 5.73 Å². The van der Waals surface area contributed by atoms with Crippen molar-refractivity contribution < 1.29 is 9.47 Å². The van der Waals surface area contributed by atoms with Crippen LogP contribution in [0.1, 0.15) is 18.4 Å². The van der Waals surface area contributed by atoms with E-state index in [9.17, 15) is 0 Å². The third kappa shape index (κ3) is 4.27. The SMILES string of the molecule is COc1ccc(CN2CCC(N)CC2)c(OC)c1.Cl. The molecule has 0 amide bonds. The van der Waals surface area contributed by atoms with Crippen molar-refractivity contribution in [3.63, 3.8) is 0 Å². The van der Waals surface area contributed by atoms with Crippen molar-refractivity contribution in [2.75, 3.05) is 27.3 Å². The molecule has 0 aromatic heterocycles. The van der Waals surface area contributed by atoms with Gasteiger partial charge in [0.05, 0.1) is 14.2 Å². The van der Waals surface area contributed by atoms with E-state index >= 15 is 0 Å². The molecule has 1 fully saturated rings. The summed E-state index contributed by atoms with van der Waals surface area (Å²) in [6, 6.07) is 6.36. The number of rotatable bonds is 4. The molecule has 0 saturated carbocycles. The van der Waals surface area contributed by atoms with Crippen molar-refractivity contribution in [1.29, 1.82) is 0 Å². The molecule has 0 aliphatic carbocycles. The second-order valence-electron chi connectivity index (χ2n) is 4.79. The minimum absolute atomic E-state index is 0. The van der Waals surface area contributed by atoms with Gasteiger partial charge in [0.25, 0.3) is 0 Å². The van der Waals surface area contributed by atoms with Crippen molar-refractivity contribution in [1.82, 2.24) is 4.90 Å². The van der Waals surface area contributed by atoms with Gasteiger partial charge in [0, 0.05) is 24.2 Å². The molecule has 0 unspecified atom stereocenters. The van der Waals surface area contributed by atoms with Crippen LogP contribution >= 0.6 is 12.4 Å². The first kappa shape index (κ1) is 16.1. The van der Waals surface area contributed by atoms with Crippen LogP contribution in [0.15, 0.2) is 18.2 Å². The van der Waals surface area contributed by atoms with E-state index in [-0.39, 0.29) is 12.4 Å². The average Bonchev–Trinajstić information content (AvgIpc) is 2.41. The van der Waals surface area contributed by atoms with Crippen LogP contribution in [-0.2, 0) is 6.54 Å². The minimum Gasteiger partial charge on any atom is -0.497 e. The highest BCUT2D eigenvalue weighted by Gasteiger charge is 2.17. The Morgan fingerprint density at radius 2 is 1.89 bits per heavy atom. The summed E-state index contributed by atoms with van der Waals surface area (Å²) in [5, 5.41) is 0. The third-order valence-corrected chi connectivity index (χ3v) is 3.52. The number of hydrogen-bond acceptors (Lipinski definition) is 4. The van der Waals surface area contributed by atoms with Gasteiger partial charge in [-0.1, -0.05) is 6.07 Å². The molecule has 1 heterocycles. The van der Waals surface area contributed by atoms with Crippen LogP contribution < -0.4 is 15.2 Å². The quantitative estimate of drug-likeness (QED) is 0.920. The molecule has 1 aliphatic heterocycles. The summed E-state index contributed by atoms with van der Waals surface area (Å²) in [7, 11) is 3.37. The fourth-order valence-corrected chi connectivity index (χ4v) is 2.33. The van der Waals surface area contributed by atoms with E-state index in [1.165, 1.54) is 5.56 Å². The van der Waals surface area contributed by atoms with Crippen LogP contribution in [-0.4, -0.2) is 38.3 Å². The van der Waals surface area contributed by atoms with E-state index in [0.29, 0.717) is 6.04 Å². The van der Waals surface area contributed by atoms with Gasteiger partial charge in [0.15, 0.2) is 0 Å². The summed E-state index contributed by atoms with van der Waals surface area (Å²) in [4.78, 5) is 2.42. The lowest BCUT2D eigenvalue weighted by Gasteiger charge is -2.30. The Bertz CT molecular complexity index is 393. The largest absolute Gasteiger partial charge is 0.497 e. The lowest BCUT2D eigenvalue weighted by atomic mass is 10.0. The summed E-state index contributed by atoms with van der Waals surface area (Å²) < 4.78 is 10.6. The Labute approximate surface area is 121 Å². The highest BCUT2D eigenvalue weighted by molar-refractivity contribution is 5.85. The zero-order valence-electron chi connectivity index (χ0n) is 11.6. The number of methoxy groups -OCH3 is 2. The molecule has 4 nitrogen and oxygen atoms in total. The van der Waals surface area contributed by atoms with E-state index in [4.69, 9.17) is 15.2 Å². The van der Waals surface area contributed by atoms with E-state index < -0.39 is 0 Å². The molecule has 1 saturated heterocycles. The van der Waals surface area contributed by atoms with Crippen LogP contribution in [0.2, 0.25) is 0 Å². The summed E-state index contributed by atoms with van der Waals surface area (Å²) >= 11 is 0. The third-order valence-electron chi connectivity index (χ3n) is 3.52. The van der Waals surface area contributed by atoms with Crippen molar-refractivity contribution in [2.45, 2.75) is 25.4 Å². The molecule has 2 N–H and O–H groups in total. The van der Waals surface area contributed by atoms with Crippen molar-refractivity contribution in [3.8, 4) is 11.5 Å². The zero-order valence-corrected chi connectivity index (χ0v) is 12.4. The van der Waals surface area contributed by atoms with E-state index in [2.05, 4.69) is 11.0 Å². The second kappa shape index (κ2) is 7.58. The standard InChI is InChI=1S/C14H22N2O2.ClH/c1-17-13-4-3-11(14(9-13)18-2)10-16-7-5-12(15)6-8-16;/h3-4,9,12H,5-8,10,15H2,1-2H3;1H. The first-order chi connectivity index (χ1) is 8.72. The van der Waals surface area contributed by atoms with Gasteiger partial charge in [0.2, 0.25) is 0 Å². The Morgan fingerprint density at radius 1 is 1.21 bits per heavy atom. The number of benzene rings is 1. The fourth-order valence-electron chi connectivity index (χ4n) is 2.33. The van der Waals surface area contributed by atoms with Gasteiger partial charge in [0.1, 0.15) is 11.5 Å². The number of hydrogen-bond donors (Lipinski definition) is 1.